The van der Waals surface area contributed by atoms with Gasteiger partial charge in [-0.25, -0.2) is 8.42 Å². The Labute approximate surface area is 119 Å². The van der Waals surface area contributed by atoms with E-state index in [-0.39, 0.29) is 23.3 Å². The molecule has 1 heterocycles. The average Bonchev–Trinajstić information content (AvgIpc) is 2.80. The fourth-order valence-electron chi connectivity index (χ4n) is 3.14. The Morgan fingerprint density at radius 1 is 1.20 bits per heavy atom. The Kier molecular flexibility index (Phi) is 3.54. The molecule has 5 heteroatoms. The molecule has 1 fully saturated rings. The highest BCUT2D eigenvalue weighted by Crippen LogP contribution is 2.29. The largest absolute Gasteiger partial charge is 0.326 e. The van der Waals surface area contributed by atoms with Crippen LogP contribution in [0, 0.1) is 5.92 Å². The van der Waals surface area contributed by atoms with Crippen LogP contribution in [-0.4, -0.2) is 25.8 Å². The third-order valence-corrected chi connectivity index (χ3v) is 6.02. The SMILES string of the molecule is O=C(Nc1cccc2c1CCCC2)[C@@H]1CCS(=O)(=O)C1. The molecule has 1 aromatic carbocycles. The fourth-order valence-corrected chi connectivity index (χ4v) is 4.88. The van der Waals surface area contributed by atoms with Crippen molar-refractivity contribution < 1.29 is 13.2 Å². The summed E-state index contributed by atoms with van der Waals surface area (Å²) in [5, 5.41) is 2.95. The summed E-state index contributed by atoms with van der Waals surface area (Å²) in [6.07, 6.45) is 4.86. The van der Waals surface area contributed by atoms with Gasteiger partial charge in [-0.15, -0.1) is 0 Å². The van der Waals surface area contributed by atoms with E-state index in [1.807, 2.05) is 12.1 Å². The van der Waals surface area contributed by atoms with Crippen LogP contribution in [0.25, 0.3) is 0 Å². The number of anilines is 1. The number of benzene rings is 1. The number of amides is 1. The summed E-state index contributed by atoms with van der Waals surface area (Å²) >= 11 is 0. The highest BCUT2D eigenvalue weighted by atomic mass is 32.2. The van der Waals surface area contributed by atoms with Crippen molar-refractivity contribution in [3.63, 3.8) is 0 Å². The third-order valence-electron chi connectivity index (χ3n) is 4.26. The molecule has 1 aliphatic carbocycles. The first-order valence-corrected chi connectivity index (χ1v) is 8.99. The molecule has 1 amide bonds. The van der Waals surface area contributed by atoms with Crippen molar-refractivity contribution in [1.82, 2.24) is 0 Å². The lowest BCUT2D eigenvalue weighted by Crippen LogP contribution is -2.24. The molecule has 20 heavy (non-hydrogen) atoms. The number of nitrogens with one attached hydrogen (secondary N) is 1. The van der Waals surface area contributed by atoms with Gasteiger partial charge in [-0.2, -0.15) is 0 Å². The van der Waals surface area contributed by atoms with Gasteiger partial charge in [0.1, 0.15) is 0 Å². The standard InChI is InChI=1S/C15H19NO3S/c17-15(12-8-9-20(18,19)10-12)16-14-7-3-5-11-4-1-2-6-13(11)14/h3,5,7,12H,1-2,4,6,8-10H2,(H,16,17)/t12-/m1/s1. The van der Waals surface area contributed by atoms with Gasteiger partial charge in [0.2, 0.25) is 5.91 Å². The first-order chi connectivity index (χ1) is 9.55. The molecule has 108 valence electrons. The molecule has 0 bridgehead atoms. The molecule has 1 aromatic rings. The summed E-state index contributed by atoms with van der Waals surface area (Å²) in [5.41, 5.74) is 3.41. The molecule has 3 rings (SSSR count). The molecule has 1 aliphatic heterocycles. The van der Waals surface area contributed by atoms with Crippen LogP contribution in [0.15, 0.2) is 18.2 Å². The summed E-state index contributed by atoms with van der Waals surface area (Å²) in [7, 11) is -3.01. The van der Waals surface area contributed by atoms with E-state index in [1.54, 1.807) is 0 Å². The van der Waals surface area contributed by atoms with Crippen LogP contribution in [-0.2, 0) is 27.5 Å². The van der Waals surface area contributed by atoms with Crippen molar-refractivity contribution in [2.24, 2.45) is 5.92 Å². The number of aryl methyl sites for hydroxylation is 1. The number of sulfone groups is 1. The maximum absolute atomic E-state index is 12.2. The lowest BCUT2D eigenvalue weighted by atomic mass is 9.90. The third kappa shape index (κ3) is 2.73. The Balaban J connectivity index is 1.77. The van der Waals surface area contributed by atoms with Gasteiger partial charge in [-0.3, -0.25) is 4.79 Å². The predicted octanol–water partition coefficient (Wildman–Crippen LogP) is 1.94. The quantitative estimate of drug-likeness (QED) is 0.906. The van der Waals surface area contributed by atoms with E-state index in [1.165, 1.54) is 17.5 Å². The first-order valence-electron chi connectivity index (χ1n) is 7.17. The van der Waals surface area contributed by atoms with Gasteiger partial charge < -0.3 is 5.32 Å². The molecular weight excluding hydrogens is 274 g/mol. The van der Waals surface area contributed by atoms with Gasteiger partial charge in [-0.1, -0.05) is 12.1 Å². The van der Waals surface area contributed by atoms with Crippen LogP contribution in [0.4, 0.5) is 5.69 Å². The smallest absolute Gasteiger partial charge is 0.228 e. The maximum atomic E-state index is 12.2. The number of carbonyl (C=O) groups excluding carboxylic acids is 1. The summed E-state index contributed by atoms with van der Waals surface area (Å²) in [4.78, 5) is 12.2. The minimum absolute atomic E-state index is 0.00609. The zero-order valence-corrected chi connectivity index (χ0v) is 12.2. The zero-order valence-electron chi connectivity index (χ0n) is 11.4. The number of rotatable bonds is 2. The van der Waals surface area contributed by atoms with Crippen LogP contribution >= 0.6 is 0 Å². The fraction of sp³-hybridized carbons (Fsp3) is 0.533. The molecule has 1 atom stereocenters. The van der Waals surface area contributed by atoms with E-state index in [2.05, 4.69) is 11.4 Å². The van der Waals surface area contributed by atoms with E-state index in [4.69, 9.17) is 0 Å². The maximum Gasteiger partial charge on any atom is 0.228 e. The number of carbonyl (C=O) groups is 1. The Morgan fingerprint density at radius 2 is 2.00 bits per heavy atom. The van der Waals surface area contributed by atoms with Crippen molar-refractivity contribution in [2.75, 3.05) is 16.8 Å². The Morgan fingerprint density at radius 3 is 2.75 bits per heavy atom. The average molecular weight is 293 g/mol. The topological polar surface area (TPSA) is 63.2 Å². The molecule has 0 unspecified atom stereocenters. The van der Waals surface area contributed by atoms with E-state index in [9.17, 15) is 13.2 Å². The Hall–Kier alpha value is -1.36. The van der Waals surface area contributed by atoms with Gasteiger partial charge in [0.25, 0.3) is 0 Å². The molecular formula is C15H19NO3S. The molecule has 0 radical (unpaired) electrons. The zero-order chi connectivity index (χ0) is 14.2. The summed E-state index contributed by atoms with van der Waals surface area (Å²) < 4.78 is 22.9. The number of fused-ring (bicyclic) bond motifs is 1. The molecule has 4 nitrogen and oxygen atoms in total. The Bertz CT molecular complexity index is 637. The predicted molar refractivity (Wildman–Crippen MR) is 78.5 cm³/mol. The van der Waals surface area contributed by atoms with E-state index >= 15 is 0 Å². The monoisotopic (exact) mass is 293 g/mol. The molecule has 0 saturated carbocycles. The van der Waals surface area contributed by atoms with Crippen molar-refractivity contribution in [3.05, 3.63) is 29.3 Å². The van der Waals surface area contributed by atoms with Crippen molar-refractivity contribution in [2.45, 2.75) is 32.1 Å². The summed E-state index contributed by atoms with van der Waals surface area (Å²) in [5.74, 6) is -0.407. The second-order valence-corrected chi connectivity index (χ2v) is 7.97. The van der Waals surface area contributed by atoms with Crippen LogP contribution in [0.1, 0.15) is 30.4 Å². The molecule has 2 aliphatic rings. The highest BCUT2D eigenvalue weighted by molar-refractivity contribution is 7.91. The molecule has 1 saturated heterocycles. The second-order valence-electron chi connectivity index (χ2n) is 5.74. The second kappa shape index (κ2) is 5.20. The van der Waals surface area contributed by atoms with Crippen LogP contribution < -0.4 is 5.32 Å². The van der Waals surface area contributed by atoms with Crippen molar-refractivity contribution in [1.29, 1.82) is 0 Å². The van der Waals surface area contributed by atoms with Crippen molar-refractivity contribution >= 4 is 21.4 Å². The molecule has 1 N–H and O–H groups in total. The number of hydrogen-bond donors (Lipinski definition) is 1. The van der Waals surface area contributed by atoms with E-state index < -0.39 is 9.84 Å². The minimum Gasteiger partial charge on any atom is -0.326 e. The van der Waals surface area contributed by atoms with Crippen molar-refractivity contribution in [3.8, 4) is 0 Å². The normalized spacial score (nSPS) is 24.1. The lowest BCUT2D eigenvalue weighted by Gasteiger charge is -2.20. The first kappa shape index (κ1) is 13.6. The molecule has 0 aromatic heterocycles. The highest BCUT2D eigenvalue weighted by Gasteiger charge is 2.33. The van der Waals surface area contributed by atoms with Gasteiger partial charge >= 0.3 is 0 Å². The van der Waals surface area contributed by atoms with Gasteiger partial charge in [0.05, 0.1) is 17.4 Å². The summed E-state index contributed by atoms with van der Waals surface area (Å²) in [6.45, 7) is 0. The van der Waals surface area contributed by atoms with Gasteiger partial charge in [-0.05, 0) is 49.3 Å². The van der Waals surface area contributed by atoms with E-state index in [0.29, 0.717) is 6.42 Å². The molecule has 0 spiro atoms. The lowest BCUT2D eigenvalue weighted by molar-refractivity contribution is -0.119. The minimum atomic E-state index is -3.01. The summed E-state index contributed by atoms with van der Waals surface area (Å²) in [6, 6.07) is 6.00. The van der Waals surface area contributed by atoms with Gasteiger partial charge in [0, 0.05) is 5.69 Å². The van der Waals surface area contributed by atoms with E-state index in [0.717, 1.165) is 24.9 Å². The van der Waals surface area contributed by atoms with Crippen LogP contribution in [0.5, 0.6) is 0 Å². The van der Waals surface area contributed by atoms with Gasteiger partial charge in [0.15, 0.2) is 9.84 Å². The van der Waals surface area contributed by atoms with Crippen LogP contribution in [0.3, 0.4) is 0 Å². The van der Waals surface area contributed by atoms with Crippen LogP contribution in [0.2, 0.25) is 0 Å². The number of hydrogen-bond acceptors (Lipinski definition) is 3.